The lowest BCUT2D eigenvalue weighted by Crippen LogP contribution is -2.33. The van der Waals surface area contributed by atoms with Crippen molar-refractivity contribution in [1.82, 2.24) is 10.3 Å². The van der Waals surface area contributed by atoms with E-state index in [4.69, 9.17) is 5.73 Å². The fourth-order valence-corrected chi connectivity index (χ4v) is 1.72. The van der Waals surface area contributed by atoms with Crippen molar-refractivity contribution in [2.24, 2.45) is 10.7 Å². The van der Waals surface area contributed by atoms with E-state index in [0.29, 0.717) is 18.1 Å². The molecule has 4 nitrogen and oxygen atoms in total. The molecule has 2 aromatic rings. The van der Waals surface area contributed by atoms with E-state index in [2.05, 4.69) is 15.3 Å². The second kappa shape index (κ2) is 7.23. The Hall–Kier alpha value is -2.43. The van der Waals surface area contributed by atoms with Gasteiger partial charge in [0.1, 0.15) is 5.82 Å². The van der Waals surface area contributed by atoms with Gasteiger partial charge in [0.05, 0.1) is 6.54 Å². The Morgan fingerprint density at radius 2 is 2.00 bits per heavy atom. The second-order valence-electron chi connectivity index (χ2n) is 4.29. The minimum atomic E-state index is -0.266. The summed E-state index contributed by atoms with van der Waals surface area (Å²) in [4.78, 5) is 8.32. The molecule has 0 radical (unpaired) electrons. The van der Waals surface area contributed by atoms with Crippen molar-refractivity contribution < 1.29 is 4.39 Å². The van der Waals surface area contributed by atoms with Crippen molar-refractivity contribution in [3.8, 4) is 0 Å². The average molecular weight is 272 g/mol. The Bertz CT molecular complexity index is 569. The number of benzene rings is 1. The molecule has 0 bridgehead atoms. The number of hydrogen-bond donors (Lipinski definition) is 2. The number of aromatic nitrogens is 1. The number of guanidine groups is 1. The molecule has 1 aromatic carbocycles. The van der Waals surface area contributed by atoms with Crippen LogP contribution in [0.15, 0.2) is 53.7 Å². The van der Waals surface area contributed by atoms with E-state index >= 15 is 0 Å². The minimum Gasteiger partial charge on any atom is -0.370 e. The Morgan fingerprint density at radius 3 is 2.75 bits per heavy atom. The fourth-order valence-electron chi connectivity index (χ4n) is 1.72. The first-order valence-corrected chi connectivity index (χ1v) is 6.43. The molecule has 1 heterocycles. The maximum absolute atomic E-state index is 13.4. The first-order valence-electron chi connectivity index (χ1n) is 6.43. The average Bonchev–Trinajstić information content (AvgIpc) is 2.47. The van der Waals surface area contributed by atoms with Crippen LogP contribution in [0.4, 0.5) is 4.39 Å². The molecule has 0 atom stereocenters. The highest BCUT2D eigenvalue weighted by Gasteiger charge is 1.99. The maximum Gasteiger partial charge on any atom is 0.188 e. The van der Waals surface area contributed by atoms with Crippen molar-refractivity contribution in [3.05, 3.63) is 65.7 Å². The number of nitrogens with two attached hydrogens (primary N) is 1. The van der Waals surface area contributed by atoms with Crippen LogP contribution in [-0.4, -0.2) is 17.5 Å². The van der Waals surface area contributed by atoms with Gasteiger partial charge >= 0.3 is 0 Å². The van der Waals surface area contributed by atoms with E-state index in [1.54, 1.807) is 24.4 Å². The van der Waals surface area contributed by atoms with Crippen LogP contribution in [-0.2, 0) is 13.0 Å². The third-order valence-electron chi connectivity index (χ3n) is 2.79. The largest absolute Gasteiger partial charge is 0.370 e. The Kier molecular flexibility index (Phi) is 5.06. The third-order valence-corrected chi connectivity index (χ3v) is 2.79. The van der Waals surface area contributed by atoms with Gasteiger partial charge in [-0.25, -0.2) is 9.38 Å². The standard InChI is InChI=1S/C15H17FN4/c16-14-7-2-1-5-12(14)11-20-15(17)19-10-8-13-6-3-4-9-18-13/h1-7,9H,8,10-11H2,(H3,17,19,20). The van der Waals surface area contributed by atoms with E-state index in [1.807, 2.05) is 18.2 Å². The lowest BCUT2D eigenvalue weighted by molar-refractivity contribution is 0.610. The molecule has 0 saturated carbocycles. The summed E-state index contributed by atoms with van der Waals surface area (Å²) in [6, 6.07) is 12.3. The molecule has 0 aliphatic carbocycles. The molecule has 104 valence electrons. The molecular weight excluding hydrogens is 255 g/mol. The van der Waals surface area contributed by atoms with E-state index in [-0.39, 0.29) is 12.4 Å². The van der Waals surface area contributed by atoms with Gasteiger partial charge in [-0.05, 0) is 18.2 Å². The summed E-state index contributed by atoms with van der Waals surface area (Å²) in [5.74, 6) is 0.0433. The molecule has 2 rings (SSSR count). The molecular formula is C15H17FN4. The van der Waals surface area contributed by atoms with Gasteiger partial charge in [0.15, 0.2) is 5.96 Å². The molecule has 0 aliphatic rings. The normalized spacial score (nSPS) is 11.3. The van der Waals surface area contributed by atoms with Gasteiger partial charge in [0, 0.05) is 30.4 Å². The zero-order chi connectivity index (χ0) is 14.2. The van der Waals surface area contributed by atoms with Crippen molar-refractivity contribution in [1.29, 1.82) is 0 Å². The molecule has 0 spiro atoms. The van der Waals surface area contributed by atoms with Crippen molar-refractivity contribution in [3.63, 3.8) is 0 Å². The summed E-state index contributed by atoms with van der Waals surface area (Å²) < 4.78 is 13.4. The lowest BCUT2D eigenvalue weighted by atomic mass is 10.2. The quantitative estimate of drug-likeness (QED) is 0.645. The SMILES string of the molecule is NC(=NCc1ccccc1F)NCCc1ccccn1. The van der Waals surface area contributed by atoms with E-state index in [9.17, 15) is 4.39 Å². The van der Waals surface area contributed by atoms with Gasteiger partial charge < -0.3 is 11.1 Å². The Labute approximate surface area is 117 Å². The molecule has 0 aliphatic heterocycles. The van der Waals surface area contributed by atoms with E-state index in [0.717, 1.165) is 12.1 Å². The highest BCUT2D eigenvalue weighted by molar-refractivity contribution is 5.77. The second-order valence-corrected chi connectivity index (χ2v) is 4.29. The van der Waals surface area contributed by atoms with Crippen LogP contribution in [0.25, 0.3) is 0 Å². The summed E-state index contributed by atoms with van der Waals surface area (Å²) in [6.45, 7) is 0.874. The van der Waals surface area contributed by atoms with E-state index in [1.165, 1.54) is 6.07 Å². The van der Waals surface area contributed by atoms with Gasteiger partial charge in [-0.15, -0.1) is 0 Å². The van der Waals surface area contributed by atoms with E-state index < -0.39 is 0 Å². The fraction of sp³-hybridized carbons (Fsp3) is 0.200. The molecule has 1 aromatic heterocycles. The highest BCUT2D eigenvalue weighted by Crippen LogP contribution is 2.06. The van der Waals surface area contributed by atoms with Gasteiger partial charge in [-0.1, -0.05) is 24.3 Å². The topological polar surface area (TPSA) is 63.3 Å². The predicted molar refractivity (Wildman–Crippen MR) is 77.7 cm³/mol. The molecule has 0 saturated heterocycles. The zero-order valence-corrected chi connectivity index (χ0v) is 11.1. The number of hydrogen-bond acceptors (Lipinski definition) is 2. The monoisotopic (exact) mass is 272 g/mol. The van der Waals surface area contributed by atoms with Gasteiger partial charge in [0.25, 0.3) is 0 Å². The van der Waals surface area contributed by atoms with Gasteiger partial charge in [-0.3, -0.25) is 4.98 Å². The van der Waals surface area contributed by atoms with Crippen LogP contribution >= 0.6 is 0 Å². The van der Waals surface area contributed by atoms with Gasteiger partial charge in [0.2, 0.25) is 0 Å². The predicted octanol–water partition coefficient (Wildman–Crippen LogP) is 1.87. The van der Waals surface area contributed by atoms with Crippen LogP contribution < -0.4 is 11.1 Å². The summed E-state index contributed by atoms with van der Waals surface area (Å²) in [5.41, 5.74) is 7.25. The van der Waals surface area contributed by atoms with Crippen LogP contribution in [0.1, 0.15) is 11.3 Å². The molecule has 0 fully saturated rings. The van der Waals surface area contributed by atoms with Gasteiger partial charge in [-0.2, -0.15) is 0 Å². The lowest BCUT2D eigenvalue weighted by Gasteiger charge is -2.05. The summed E-state index contributed by atoms with van der Waals surface area (Å²) >= 11 is 0. The van der Waals surface area contributed by atoms with Crippen LogP contribution in [0.5, 0.6) is 0 Å². The minimum absolute atomic E-state index is 0.231. The smallest absolute Gasteiger partial charge is 0.188 e. The summed E-state index contributed by atoms with van der Waals surface area (Å²) in [5, 5.41) is 2.99. The maximum atomic E-state index is 13.4. The summed E-state index contributed by atoms with van der Waals surface area (Å²) in [6.07, 6.45) is 2.52. The molecule has 20 heavy (non-hydrogen) atoms. The number of aliphatic imine (C=N–C) groups is 1. The van der Waals surface area contributed by atoms with Crippen molar-refractivity contribution in [2.75, 3.05) is 6.54 Å². The van der Waals surface area contributed by atoms with Crippen LogP contribution in [0, 0.1) is 5.82 Å². The number of rotatable bonds is 5. The Balaban J connectivity index is 1.79. The van der Waals surface area contributed by atoms with Crippen LogP contribution in [0.2, 0.25) is 0 Å². The number of nitrogens with zero attached hydrogens (tertiary/aromatic N) is 2. The number of pyridine rings is 1. The zero-order valence-electron chi connectivity index (χ0n) is 11.1. The molecule has 0 amide bonds. The highest BCUT2D eigenvalue weighted by atomic mass is 19.1. The van der Waals surface area contributed by atoms with Crippen molar-refractivity contribution >= 4 is 5.96 Å². The van der Waals surface area contributed by atoms with Crippen LogP contribution in [0.3, 0.4) is 0 Å². The van der Waals surface area contributed by atoms with Crippen molar-refractivity contribution in [2.45, 2.75) is 13.0 Å². The first kappa shape index (κ1) is 14.0. The molecule has 3 N–H and O–H groups in total. The molecule has 5 heteroatoms. The number of nitrogens with one attached hydrogen (secondary N) is 1. The first-order chi connectivity index (χ1) is 9.75. The molecule has 0 unspecified atom stereocenters. The Morgan fingerprint density at radius 1 is 1.20 bits per heavy atom. The third kappa shape index (κ3) is 4.35. The summed E-state index contributed by atoms with van der Waals surface area (Å²) in [7, 11) is 0. The number of halogens is 1.